The summed E-state index contributed by atoms with van der Waals surface area (Å²) in [5.41, 5.74) is 3.75. The van der Waals surface area contributed by atoms with Crippen LogP contribution in [0.3, 0.4) is 0 Å². The molecule has 7 heteroatoms. The van der Waals surface area contributed by atoms with Crippen molar-refractivity contribution in [3.63, 3.8) is 0 Å². The van der Waals surface area contributed by atoms with E-state index in [-0.39, 0.29) is 0 Å². The average Bonchev–Trinajstić information content (AvgIpc) is 3.06. The Bertz CT molecular complexity index is 1110. The molecule has 2 N–H and O–H groups in total. The van der Waals surface area contributed by atoms with Crippen LogP contribution in [0.25, 0.3) is 16.8 Å². The lowest BCUT2D eigenvalue weighted by Gasteiger charge is -2.19. The van der Waals surface area contributed by atoms with E-state index in [1.807, 2.05) is 29.8 Å². The van der Waals surface area contributed by atoms with Gasteiger partial charge in [0.2, 0.25) is 5.95 Å². The van der Waals surface area contributed by atoms with E-state index >= 15 is 0 Å². The van der Waals surface area contributed by atoms with Crippen molar-refractivity contribution >= 4 is 17.3 Å². The fraction of sp³-hybridized carbons (Fsp3) is 0.552. The highest BCUT2D eigenvalue weighted by molar-refractivity contribution is 5.82. The van der Waals surface area contributed by atoms with Crippen LogP contribution < -0.4 is 10.6 Å². The van der Waals surface area contributed by atoms with Crippen LogP contribution in [0.4, 0.5) is 11.8 Å². The van der Waals surface area contributed by atoms with Crippen molar-refractivity contribution in [2.75, 3.05) is 10.6 Å². The molecule has 1 aliphatic carbocycles. The number of hydrogen-bond acceptors (Lipinski definition) is 6. The first-order valence-electron chi connectivity index (χ1n) is 13.8. The number of nitrogens with zero attached hydrogens (tertiary/aromatic N) is 4. The number of aromatic nitrogens is 4. The number of anilines is 2. The summed E-state index contributed by atoms with van der Waals surface area (Å²) in [5.74, 6) is 1.70. The third-order valence-corrected chi connectivity index (χ3v) is 6.91. The van der Waals surface area contributed by atoms with Crippen molar-refractivity contribution in [1.29, 1.82) is 0 Å². The Hall–Kier alpha value is -3.09. The number of rotatable bonds is 12. The van der Waals surface area contributed by atoms with Crippen molar-refractivity contribution < 1.29 is 4.74 Å². The molecule has 0 atom stereocenters. The van der Waals surface area contributed by atoms with Crippen molar-refractivity contribution in [1.82, 2.24) is 19.6 Å². The number of hydrogen-bond donors (Lipinski definition) is 2. The van der Waals surface area contributed by atoms with E-state index in [1.54, 1.807) is 6.26 Å². The van der Waals surface area contributed by atoms with E-state index in [1.165, 1.54) is 38.5 Å². The van der Waals surface area contributed by atoms with Gasteiger partial charge in [-0.3, -0.25) is 0 Å². The molecule has 1 fully saturated rings. The van der Waals surface area contributed by atoms with E-state index < -0.39 is 0 Å². The monoisotopic (exact) mass is 490 g/mol. The Morgan fingerprint density at radius 1 is 1.08 bits per heavy atom. The molecule has 3 heterocycles. The standard InChI is InChI=1S/C29H42N6O/c1-4-12-22(13-5-2)31-27-17-11-16-26-28(25(34-35(26)27)21-36-20-6-3)24-18-19-30-29(33-24)32-23-14-9-7-8-10-15-23/h6,11,16-20,22-23,31H,4-5,7-10,12-15,21H2,1-3H3,(H,30,32,33)/b20-6-. The van der Waals surface area contributed by atoms with Gasteiger partial charge in [0.1, 0.15) is 18.1 Å². The predicted molar refractivity (Wildman–Crippen MR) is 148 cm³/mol. The van der Waals surface area contributed by atoms with Crippen LogP contribution in [0.2, 0.25) is 0 Å². The smallest absolute Gasteiger partial charge is 0.223 e. The molecule has 0 bridgehead atoms. The molecule has 0 unspecified atom stereocenters. The molecule has 7 nitrogen and oxygen atoms in total. The van der Waals surface area contributed by atoms with Crippen molar-refractivity contribution in [2.45, 2.75) is 104 Å². The Morgan fingerprint density at radius 2 is 1.86 bits per heavy atom. The Morgan fingerprint density at radius 3 is 2.58 bits per heavy atom. The summed E-state index contributed by atoms with van der Waals surface area (Å²) in [6, 6.07) is 9.16. The van der Waals surface area contributed by atoms with E-state index in [9.17, 15) is 0 Å². The van der Waals surface area contributed by atoms with E-state index in [0.717, 1.165) is 54.0 Å². The average molecular weight is 491 g/mol. The van der Waals surface area contributed by atoms with Crippen LogP contribution in [0, 0.1) is 0 Å². The zero-order valence-corrected chi connectivity index (χ0v) is 22.2. The predicted octanol–water partition coefficient (Wildman–Crippen LogP) is 7.36. The van der Waals surface area contributed by atoms with Gasteiger partial charge in [0.25, 0.3) is 0 Å². The SMILES string of the molecule is C/C=C\OCc1nn2c(NC(CCC)CCC)cccc2c1-c1ccnc(NC2CCCCCC2)n1. The summed E-state index contributed by atoms with van der Waals surface area (Å²) in [7, 11) is 0. The van der Waals surface area contributed by atoms with Gasteiger partial charge in [-0.25, -0.2) is 14.5 Å². The molecule has 3 aromatic heterocycles. The second-order valence-electron chi connectivity index (χ2n) is 9.83. The minimum absolute atomic E-state index is 0.379. The molecule has 4 rings (SSSR count). The number of nitrogens with one attached hydrogen (secondary N) is 2. The maximum absolute atomic E-state index is 5.79. The van der Waals surface area contributed by atoms with Crippen molar-refractivity contribution in [3.8, 4) is 11.3 Å². The van der Waals surface area contributed by atoms with Crippen LogP contribution >= 0.6 is 0 Å². The van der Waals surface area contributed by atoms with Crippen LogP contribution in [0.5, 0.6) is 0 Å². The van der Waals surface area contributed by atoms with Crippen LogP contribution in [0.15, 0.2) is 42.8 Å². The molecule has 0 spiro atoms. The topological polar surface area (TPSA) is 76.4 Å². The first-order chi connectivity index (χ1) is 17.7. The molecule has 1 saturated carbocycles. The third kappa shape index (κ3) is 6.56. The van der Waals surface area contributed by atoms with Crippen LogP contribution in [-0.4, -0.2) is 31.7 Å². The van der Waals surface area contributed by atoms with Crippen LogP contribution in [0.1, 0.15) is 90.7 Å². The number of allylic oxidation sites excluding steroid dienone is 1. The zero-order valence-electron chi connectivity index (χ0n) is 22.2. The molecule has 0 aliphatic heterocycles. The second kappa shape index (κ2) is 13.3. The normalized spacial score (nSPS) is 15.0. The fourth-order valence-corrected chi connectivity index (χ4v) is 5.20. The fourth-order valence-electron chi connectivity index (χ4n) is 5.20. The first kappa shape index (κ1) is 26.0. The lowest BCUT2D eigenvalue weighted by atomic mass is 10.1. The highest BCUT2D eigenvalue weighted by Crippen LogP contribution is 2.31. The molecule has 0 radical (unpaired) electrons. The summed E-state index contributed by atoms with van der Waals surface area (Å²) >= 11 is 0. The number of ether oxygens (including phenoxy) is 1. The van der Waals surface area contributed by atoms with Gasteiger partial charge in [-0.2, -0.15) is 5.10 Å². The molecular weight excluding hydrogens is 448 g/mol. The summed E-state index contributed by atoms with van der Waals surface area (Å²) in [6.45, 7) is 6.81. The first-order valence-corrected chi connectivity index (χ1v) is 13.8. The highest BCUT2D eigenvalue weighted by atomic mass is 16.5. The molecule has 0 aromatic carbocycles. The quantitative estimate of drug-likeness (QED) is 0.204. The maximum atomic E-state index is 5.79. The molecule has 0 amide bonds. The Labute approximate surface area is 215 Å². The van der Waals surface area contributed by atoms with Crippen molar-refractivity contribution in [3.05, 3.63) is 48.5 Å². The molecule has 194 valence electrons. The van der Waals surface area contributed by atoms with E-state index in [4.69, 9.17) is 14.8 Å². The maximum Gasteiger partial charge on any atom is 0.223 e. The van der Waals surface area contributed by atoms with Gasteiger partial charge in [0, 0.05) is 18.3 Å². The molecule has 3 aromatic rings. The van der Waals surface area contributed by atoms with Gasteiger partial charge in [-0.05, 0) is 50.8 Å². The summed E-state index contributed by atoms with van der Waals surface area (Å²) in [4.78, 5) is 9.51. The van der Waals surface area contributed by atoms with E-state index in [2.05, 4.69) is 47.7 Å². The summed E-state index contributed by atoms with van der Waals surface area (Å²) in [6.07, 6.45) is 17.6. The lowest BCUT2D eigenvalue weighted by Crippen LogP contribution is -2.20. The number of pyridine rings is 1. The largest absolute Gasteiger partial charge is 0.495 e. The Kier molecular flexibility index (Phi) is 9.59. The Balaban J connectivity index is 1.70. The minimum Gasteiger partial charge on any atom is -0.495 e. The molecule has 0 saturated heterocycles. The summed E-state index contributed by atoms with van der Waals surface area (Å²) in [5, 5.41) is 12.4. The van der Waals surface area contributed by atoms with Gasteiger partial charge >= 0.3 is 0 Å². The molecular formula is C29H42N6O. The van der Waals surface area contributed by atoms with Gasteiger partial charge in [-0.1, -0.05) is 64.5 Å². The highest BCUT2D eigenvalue weighted by Gasteiger charge is 2.20. The van der Waals surface area contributed by atoms with Gasteiger partial charge in [0.05, 0.1) is 23.0 Å². The lowest BCUT2D eigenvalue weighted by molar-refractivity contribution is 0.232. The zero-order chi connectivity index (χ0) is 25.2. The number of fused-ring (bicyclic) bond motifs is 1. The molecule has 36 heavy (non-hydrogen) atoms. The summed E-state index contributed by atoms with van der Waals surface area (Å²) < 4.78 is 7.80. The van der Waals surface area contributed by atoms with Gasteiger partial charge < -0.3 is 15.4 Å². The van der Waals surface area contributed by atoms with Gasteiger partial charge in [0.15, 0.2) is 0 Å². The minimum atomic E-state index is 0.379. The van der Waals surface area contributed by atoms with Crippen LogP contribution in [-0.2, 0) is 11.3 Å². The third-order valence-electron chi connectivity index (χ3n) is 6.91. The van der Waals surface area contributed by atoms with Crippen molar-refractivity contribution in [2.24, 2.45) is 0 Å². The van der Waals surface area contributed by atoms with Gasteiger partial charge in [-0.15, -0.1) is 0 Å². The molecule has 1 aliphatic rings. The van der Waals surface area contributed by atoms with E-state index in [0.29, 0.717) is 24.6 Å². The second-order valence-corrected chi connectivity index (χ2v) is 9.83.